The Hall–Kier alpha value is -2.96. The highest BCUT2D eigenvalue weighted by molar-refractivity contribution is 5.77. The number of allylic oxidation sites excluding steroid dienone is 14. The lowest BCUT2D eigenvalue weighted by Gasteiger charge is -2.24. The highest BCUT2D eigenvalue weighted by Gasteiger charge is 2.24. The van der Waals surface area contributed by atoms with Crippen LogP contribution in [0.4, 0.5) is 0 Å². The molecule has 0 aromatic carbocycles. The van der Waals surface area contributed by atoms with E-state index in [0.717, 1.165) is 122 Å². The number of esters is 1. The lowest BCUT2D eigenvalue weighted by atomic mass is 10.0. The first-order chi connectivity index (χ1) is 31.0. The van der Waals surface area contributed by atoms with E-state index in [0.29, 0.717) is 19.3 Å². The fraction of sp³-hybridized carbons (Fsp3) is 0.719. The Kier molecular flexibility index (Phi) is 47.7. The van der Waals surface area contributed by atoms with E-state index < -0.39 is 18.2 Å². The second-order valence-corrected chi connectivity index (χ2v) is 17.5. The summed E-state index contributed by atoms with van der Waals surface area (Å²) >= 11 is 0. The van der Waals surface area contributed by atoms with E-state index in [2.05, 4.69) is 111 Å². The summed E-state index contributed by atoms with van der Waals surface area (Å²) < 4.78 is 5.92. The number of carbonyl (C=O) groups excluding carboxylic acids is 2. The summed E-state index contributed by atoms with van der Waals surface area (Å²) in [7, 11) is 0. The molecule has 1 amide bonds. The lowest BCUT2D eigenvalue weighted by Crippen LogP contribution is -2.46. The molecule has 3 unspecified atom stereocenters. The fourth-order valence-electron chi connectivity index (χ4n) is 7.55. The van der Waals surface area contributed by atoms with Crippen molar-refractivity contribution in [2.75, 3.05) is 6.61 Å². The first kappa shape index (κ1) is 60.0. The molecule has 0 spiro atoms. The number of aliphatic hydroxyl groups is 2. The van der Waals surface area contributed by atoms with Gasteiger partial charge in [0.2, 0.25) is 5.91 Å². The molecule has 0 aliphatic carbocycles. The maximum absolute atomic E-state index is 13.2. The normalized spacial score (nSPS) is 13.9. The van der Waals surface area contributed by atoms with Crippen LogP contribution in [0, 0.1) is 0 Å². The van der Waals surface area contributed by atoms with Gasteiger partial charge in [0.25, 0.3) is 0 Å². The molecule has 0 saturated carbocycles. The van der Waals surface area contributed by atoms with Crippen LogP contribution in [-0.4, -0.2) is 46.9 Å². The van der Waals surface area contributed by atoms with Crippen molar-refractivity contribution in [1.29, 1.82) is 0 Å². The third kappa shape index (κ3) is 45.4. The molecule has 0 rings (SSSR count). The minimum Gasteiger partial charge on any atom is -0.462 e. The molecule has 6 nitrogen and oxygen atoms in total. The third-order valence-electron chi connectivity index (χ3n) is 11.5. The van der Waals surface area contributed by atoms with Gasteiger partial charge in [-0.25, -0.2) is 0 Å². The van der Waals surface area contributed by atoms with Crippen LogP contribution in [0.3, 0.4) is 0 Å². The maximum atomic E-state index is 13.2. The van der Waals surface area contributed by atoms with E-state index in [9.17, 15) is 19.8 Å². The summed E-state index contributed by atoms with van der Waals surface area (Å²) in [5.41, 5.74) is 0. The molecule has 3 atom stereocenters. The first-order valence-electron chi connectivity index (χ1n) is 26.3. The van der Waals surface area contributed by atoms with E-state index in [1.807, 2.05) is 0 Å². The first-order valence-corrected chi connectivity index (χ1v) is 26.3. The average Bonchev–Trinajstić information content (AvgIpc) is 3.28. The van der Waals surface area contributed by atoms with Crippen molar-refractivity contribution in [1.82, 2.24) is 5.32 Å². The average molecular weight is 878 g/mol. The van der Waals surface area contributed by atoms with Crippen molar-refractivity contribution in [2.45, 2.75) is 257 Å². The van der Waals surface area contributed by atoms with Crippen molar-refractivity contribution >= 4 is 11.9 Å². The molecule has 0 heterocycles. The number of nitrogens with one attached hydrogen (secondary N) is 1. The summed E-state index contributed by atoms with van der Waals surface area (Å²) in [6, 6.07) is -0.720. The van der Waals surface area contributed by atoms with Crippen LogP contribution < -0.4 is 5.32 Å². The van der Waals surface area contributed by atoms with Gasteiger partial charge in [-0.3, -0.25) is 9.59 Å². The van der Waals surface area contributed by atoms with Crippen LogP contribution in [0.2, 0.25) is 0 Å². The molecule has 3 N–H and O–H groups in total. The monoisotopic (exact) mass is 878 g/mol. The van der Waals surface area contributed by atoms with Crippen molar-refractivity contribution in [3.05, 3.63) is 85.1 Å². The zero-order valence-corrected chi connectivity index (χ0v) is 41.2. The lowest BCUT2D eigenvalue weighted by molar-refractivity contribution is -0.151. The van der Waals surface area contributed by atoms with E-state index in [4.69, 9.17) is 4.74 Å². The van der Waals surface area contributed by atoms with Crippen LogP contribution in [0.25, 0.3) is 0 Å². The summed E-state index contributed by atoms with van der Waals surface area (Å²) in [5.74, 6) is -0.536. The molecular weight excluding hydrogens is 779 g/mol. The van der Waals surface area contributed by atoms with Crippen LogP contribution in [0.15, 0.2) is 85.1 Å². The Labute approximate surface area is 389 Å². The predicted molar refractivity (Wildman–Crippen MR) is 273 cm³/mol. The second kappa shape index (κ2) is 50.0. The smallest absolute Gasteiger partial charge is 0.306 e. The predicted octanol–water partition coefficient (Wildman–Crippen LogP) is 16.0. The molecule has 6 heteroatoms. The quantitative estimate of drug-likeness (QED) is 0.0322. The Morgan fingerprint density at radius 1 is 0.476 bits per heavy atom. The van der Waals surface area contributed by atoms with E-state index in [1.165, 1.54) is 70.6 Å². The van der Waals surface area contributed by atoms with Gasteiger partial charge in [-0.1, -0.05) is 215 Å². The van der Waals surface area contributed by atoms with E-state index >= 15 is 0 Å². The van der Waals surface area contributed by atoms with Crippen molar-refractivity contribution < 1.29 is 24.5 Å². The number of amides is 1. The van der Waals surface area contributed by atoms with Crippen LogP contribution in [0.1, 0.15) is 239 Å². The maximum Gasteiger partial charge on any atom is 0.306 e. The number of ether oxygens (including phenoxy) is 1. The van der Waals surface area contributed by atoms with Crippen molar-refractivity contribution in [3.63, 3.8) is 0 Å². The summed E-state index contributed by atoms with van der Waals surface area (Å²) in [6.07, 6.45) is 65.0. The SMILES string of the molecule is CC/C=C/C/C=C/C/C=C/C/C=C/CCCCCC(=O)OC(CCCCCC/C=C/C/C=C/C/C=C/CC)CC(=O)NC(CO)C(O)CCCCCCCCCCCCCCCC. The topological polar surface area (TPSA) is 95.9 Å². The minimum absolute atomic E-state index is 0.0458. The number of hydrogen-bond donors (Lipinski definition) is 3. The molecule has 0 aromatic heterocycles. The number of aliphatic hydroxyl groups excluding tert-OH is 2. The molecule has 0 radical (unpaired) electrons. The van der Waals surface area contributed by atoms with Crippen LogP contribution >= 0.6 is 0 Å². The number of hydrogen-bond acceptors (Lipinski definition) is 5. The third-order valence-corrected chi connectivity index (χ3v) is 11.5. The minimum atomic E-state index is -0.804. The van der Waals surface area contributed by atoms with E-state index in [-0.39, 0.29) is 24.9 Å². The van der Waals surface area contributed by atoms with Crippen molar-refractivity contribution in [2.24, 2.45) is 0 Å². The Morgan fingerprint density at radius 3 is 1.30 bits per heavy atom. The second-order valence-electron chi connectivity index (χ2n) is 17.5. The van der Waals surface area contributed by atoms with Gasteiger partial charge in [0, 0.05) is 6.42 Å². The highest BCUT2D eigenvalue weighted by atomic mass is 16.5. The van der Waals surface area contributed by atoms with Gasteiger partial charge in [-0.15, -0.1) is 0 Å². The number of unbranched alkanes of at least 4 members (excludes halogenated alkanes) is 20. The van der Waals surface area contributed by atoms with Crippen LogP contribution in [0.5, 0.6) is 0 Å². The van der Waals surface area contributed by atoms with Gasteiger partial charge in [0.1, 0.15) is 6.10 Å². The van der Waals surface area contributed by atoms with E-state index in [1.54, 1.807) is 0 Å². The van der Waals surface area contributed by atoms with Gasteiger partial charge in [0.05, 0.1) is 25.2 Å². The van der Waals surface area contributed by atoms with Gasteiger partial charge in [-0.05, 0) is 96.3 Å². The zero-order valence-electron chi connectivity index (χ0n) is 41.2. The molecule has 0 aliphatic rings. The Balaban J connectivity index is 4.67. The Morgan fingerprint density at radius 2 is 0.857 bits per heavy atom. The molecule has 0 aliphatic heterocycles. The molecule has 362 valence electrons. The molecule has 0 bridgehead atoms. The Bertz CT molecular complexity index is 1210. The molecule has 0 saturated heterocycles. The molecule has 0 aromatic rings. The summed E-state index contributed by atoms with van der Waals surface area (Å²) in [4.78, 5) is 26.2. The molecule has 0 fully saturated rings. The van der Waals surface area contributed by atoms with Gasteiger partial charge in [0.15, 0.2) is 0 Å². The number of carbonyl (C=O) groups is 2. The standard InChI is InChI=1S/C57H99NO5/c1-4-7-10-13-16-19-22-25-28-29-32-35-38-41-44-47-50-57(62)63-53(48-45-42-39-36-33-30-26-23-20-17-14-11-8-5-2)51-56(61)58-54(52-59)55(60)49-46-43-40-37-34-31-27-24-21-18-15-12-9-6-3/h7-8,10-11,16-17,19-20,25-26,28,30,32,35,53-55,59-60H,4-6,9,12-15,18,21-24,27,29,31,33-34,36-52H2,1-3H3,(H,58,61)/b10-7+,11-8+,19-16+,20-17+,28-25+,30-26+,35-32+. The summed E-state index contributed by atoms with van der Waals surface area (Å²) in [5, 5.41) is 23.8. The largest absolute Gasteiger partial charge is 0.462 e. The highest BCUT2D eigenvalue weighted by Crippen LogP contribution is 2.17. The zero-order chi connectivity index (χ0) is 45.9. The molecule has 63 heavy (non-hydrogen) atoms. The van der Waals surface area contributed by atoms with Gasteiger partial charge < -0.3 is 20.3 Å². The fourth-order valence-corrected chi connectivity index (χ4v) is 7.55. The number of rotatable bonds is 46. The summed E-state index contributed by atoms with van der Waals surface area (Å²) in [6.45, 7) is 6.25. The molecular formula is C57H99NO5. The van der Waals surface area contributed by atoms with Crippen molar-refractivity contribution in [3.8, 4) is 0 Å². The van der Waals surface area contributed by atoms with Gasteiger partial charge >= 0.3 is 5.97 Å². The van der Waals surface area contributed by atoms with Crippen LogP contribution in [-0.2, 0) is 14.3 Å². The van der Waals surface area contributed by atoms with Gasteiger partial charge in [-0.2, -0.15) is 0 Å².